The third-order valence-corrected chi connectivity index (χ3v) is 7.76. The molecule has 0 radical (unpaired) electrons. The van der Waals surface area contributed by atoms with E-state index in [1.807, 2.05) is 4.90 Å². The van der Waals surface area contributed by atoms with Gasteiger partial charge in [0, 0.05) is 23.9 Å². The van der Waals surface area contributed by atoms with Crippen LogP contribution in [0, 0.1) is 17.7 Å². The second-order valence-corrected chi connectivity index (χ2v) is 10.3. The van der Waals surface area contributed by atoms with Gasteiger partial charge in [0.15, 0.2) is 5.78 Å². The number of Topliss-reactive ketones (excluding diaryl/α,β-unsaturated/α-hetero) is 1. The van der Waals surface area contributed by atoms with Crippen LogP contribution in [0.3, 0.4) is 0 Å². The highest BCUT2D eigenvalue weighted by molar-refractivity contribution is 5.97. The molecule has 36 heavy (non-hydrogen) atoms. The van der Waals surface area contributed by atoms with Crippen molar-refractivity contribution in [2.75, 3.05) is 26.2 Å². The molecule has 0 spiro atoms. The van der Waals surface area contributed by atoms with Crippen LogP contribution in [0.5, 0.6) is 0 Å². The Balaban J connectivity index is 1.22. The number of hydrogen-bond donors (Lipinski definition) is 1. The van der Waals surface area contributed by atoms with E-state index in [1.165, 1.54) is 24.3 Å². The number of amides is 1. The van der Waals surface area contributed by atoms with E-state index in [4.69, 9.17) is 4.74 Å². The van der Waals surface area contributed by atoms with Gasteiger partial charge < -0.3 is 14.6 Å². The number of carbonyl (C=O) groups excluding carboxylic acids is 2. The summed E-state index contributed by atoms with van der Waals surface area (Å²) in [7, 11) is 0. The molecule has 1 aromatic heterocycles. The molecule has 3 aliphatic rings. The number of likely N-dealkylation sites (tertiary alicyclic amines) is 1. The number of halogens is 1. The summed E-state index contributed by atoms with van der Waals surface area (Å²) >= 11 is 0. The Labute approximate surface area is 209 Å². The van der Waals surface area contributed by atoms with Gasteiger partial charge in [0.1, 0.15) is 11.6 Å². The highest BCUT2D eigenvalue weighted by Crippen LogP contribution is 2.35. The van der Waals surface area contributed by atoms with Crippen LogP contribution in [0.2, 0.25) is 0 Å². The molecule has 1 aliphatic carbocycles. The highest BCUT2D eigenvalue weighted by atomic mass is 19.1. The molecular formula is C27H33FN4O4. The van der Waals surface area contributed by atoms with E-state index >= 15 is 0 Å². The molecular weight excluding hydrogens is 463 g/mol. The number of nitrogens with one attached hydrogen (secondary N) is 1. The molecule has 3 heterocycles. The molecule has 1 amide bonds. The van der Waals surface area contributed by atoms with Gasteiger partial charge in [-0.05, 0) is 75.9 Å². The summed E-state index contributed by atoms with van der Waals surface area (Å²) in [5.41, 5.74) is 1.69. The van der Waals surface area contributed by atoms with E-state index in [0.717, 1.165) is 18.5 Å². The minimum absolute atomic E-state index is 0.0152. The van der Waals surface area contributed by atoms with Crippen LogP contribution in [0.1, 0.15) is 60.0 Å². The van der Waals surface area contributed by atoms with Crippen LogP contribution in [0.25, 0.3) is 0 Å². The number of ether oxygens (including phenoxy) is 1. The first-order chi connectivity index (χ1) is 17.4. The Kier molecular flexibility index (Phi) is 7.29. The Morgan fingerprint density at radius 1 is 1.19 bits per heavy atom. The summed E-state index contributed by atoms with van der Waals surface area (Å²) in [6, 6.07) is 5.78. The normalized spacial score (nSPS) is 19.5. The third kappa shape index (κ3) is 5.57. The summed E-state index contributed by atoms with van der Waals surface area (Å²) < 4.78 is 18.6. The molecule has 5 rings (SSSR count). The number of hydrogen-bond acceptors (Lipinski definition) is 6. The fourth-order valence-corrected chi connectivity index (χ4v) is 5.31. The average molecular weight is 497 g/mol. The zero-order valence-corrected chi connectivity index (χ0v) is 20.7. The number of ketones is 1. The minimum Gasteiger partial charge on any atom is -0.376 e. The van der Waals surface area contributed by atoms with Crippen molar-refractivity contribution >= 4 is 11.7 Å². The first-order valence-corrected chi connectivity index (χ1v) is 12.9. The van der Waals surface area contributed by atoms with E-state index in [2.05, 4.69) is 21.8 Å². The topological polar surface area (TPSA) is 95.6 Å². The zero-order chi connectivity index (χ0) is 25.2. The smallest absolute Gasteiger partial charge is 0.256 e. The molecule has 2 aromatic rings. The SMILES string of the molecule is C[C@@H](C1CC1)N(Cc1nc2c(c(=O)[nH]1)COCC2)C(=O)CN1CCC(C(=O)c2ccc(F)cc2)CC1. The molecule has 1 aromatic carbocycles. The van der Waals surface area contributed by atoms with Crippen LogP contribution < -0.4 is 5.56 Å². The van der Waals surface area contributed by atoms with Gasteiger partial charge in [0.2, 0.25) is 5.91 Å². The number of rotatable bonds is 8. The lowest BCUT2D eigenvalue weighted by atomic mass is 9.89. The second-order valence-electron chi connectivity index (χ2n) is 10.3. The van der Waals surface area contributed by atoms with E-state index in [9.17, 15) is 18.8 Å². The monoisotopic (exact) mass is 496 g/mol. The van der Waals surface area contributed by atoms with Gasteiger partial charge in [-0.25, -0.2) is 9.37 Å². The van der Waals surface area contributed by atoms with Crippen molar-refractivity contribution in [3.05, 3.63) is 63.1 Å². The maximum Gasteiger partial charge on any atom is 0.256 e. The molecule has 1 atom stereocenters. The summed E-state index contributed by atoms with van der Waals surface area (Å²) in [5.74, 6) is 0.584. The van der Waals surface area contributed by atoms with Crippen LogP contribution in [0.15, 0.2) is 29.1 Å². The Morgan fingerprint density at radius 2 is 1.92 bits per heavy atom. The van der Waals surface area contributed by atoms with Gasteiger partial charge in [-0.15, -0.1) is 0 Å². The predicted molar refractivity (Wildman–Crippen MR) is 131 cm³/mol. The molecule has 9 heteroatoms. The number of carbonyl (C=O) groups is 2. The largest absolute Gasteiger partial charge is 0.376 e. The second kappa shape index (κ2) is 10.6. The average Bonchev–Trinajstić information content (AvgIpc) is 3.73. The molecule has 2 aliphatic heterocycles. The van der Waals surface area contributed by atoms with Crippen molar-refractivity contribution in [1.29, 1.82) is 0 Å². The van der Waals surface area contributed by atoms with E-state index in [0.29, 0.717) is 61.8 Å². The van der Waals surface area contributed by atoms with Crippen molar-refractivity contribution in [2.24, 2.45) is 11.8 Å². The van der Waals surface area contributed by atoms with Gasteiger partial charge in [0.25, 0.3) is 5.56 Å². The maximum absolute atomic E-state index is 13.5. The van der Waals surface area contributed by atoms with Crippen LogP contribution in [-0.4, -0.2) is 63.7 Å². The lowest BCUT2D eigenvalue weighted by Crippen LogP contribution is -2.47. The number of aromatic nitrogens is 2. The van der Waals surface area contributed by atoms with Gasteiger partial charge in [0.05, 0.1) is 37.6 Å². The molecule has 2 fully saturated rings. The van der Waals surface area contributed by atoms with Crippen molar-refractivity contribution in [3.8, 4) is 0 Å². The number of benzene rings is 1. The number of H-pyrrole nitrogens is 1. The minimum atomic E-state index is -0.353. The standard InChI is InChI=1S/C27H33FN4O4/c1-17(18-2-3-18)32(14-24-29-23-10-13-36-16-22(23)27(35)30-24)25(33)15-31-11-8-20(9-12-31)26(34)19-4-6-21(28)7-5-19/h4-7,17-18,20H,2-3,8-16H2,1H3,(H,29,30,35)/t17-/m0/s1. The Morgan fingerprint density at radius 3 is 2.61 bits per heavy atom. The number of fused-ring (bicyclic) bond motifs is 1. The molecule has 8 nitrogen and oxygen atoms in total. The molecule has 0 bridgehead atoms. The van der Waals surface area contributed by atoms with Crippen LogP contribution in [-0.2, 0) is 29.1 Å². The summed E-state index contributed by atoms with van der Waals surface area (Å²) in [4.78, 5) is 50.3. The summed E-state index contributed by atoms with van der Waals surface area (Å²) in [6.07, 6.45) is 4.15. The molecule has 192 valence electrons. The maximum atomic E-state index is 13.5. The Bertz CT molecular complexity index is 1170. The number of aromatic amines is 1. The summed E-state index contributed by atoms with van der Waals surface area (Å²) in [5, 5.41) is 0. The van der Waals surface area contributed by atoms with Crippen molar-refractivity contribution in [2.45, 2.75) is 58.2 Å². The van der Waals surface area contributed by atoms with Gasteiger partial charge >= 0.3 is 0 Å². The van der Waals surface area contributed by atoms with Crippen molar-refractivity contribution in [1.82, 2.24) is 19.8 Å². The number of nitrogens with zero attached hydrogens (tertiary/aromatic N) is 3. The quantitative estimate of drug-likeness (QED) is 0.565. The Hall–Kier alpha value is -2.91. The van der Waals surface area contributed by atoms with E-state index in [1.54, 1.807) is 0 Å². The first kappa shape index (κ1) is 24.8. The lowest BCUT2D eigenvalue weighted by Gasteiger charge is -2.34. The zero-order valence-electron chi connectivity index (χ0n) is 20.7. The first-order valence-electron chi connectivity index (χ1n) is 12.9. The van der Waals surface area contributed by atoms with Gasteiger partial charge in [-0.1, -0.05) is 0 Å². The van der Waals surface area contributed by atoms with Gasteiger partial charge in [-0.3, -0.25) is 19.3 Å². The fraction of sp³-hybridized carbons (Fsp3) is 0.556. The van der Waals surface area contributed by atoms with Crippen LogP contribution >= 0.6 is 0 Å². The highest BCUT2D eigenvalue weighted by Gasteiger charge is 2.36. The molecule has 1 saturated heterocycles. The van der Waals surface area contributed by atoms with Crippen LogP contribution in [0.4, 0.5) is 4.39 Å². The number of piperidine rings is 1. The lowest BCUT2D eigenvalue weighted by molar-refractivity contribution is -0.136. The van der Waals surface area contributed by atoms with E-state index < -0.39 is 0 Å². The van der Waals surface area contributed by atoms with E-state index in [-0.39, 0.29) is 54.7 Å². The fourth-order valence-electron chi connectivity index (χ4n) is 5.31. The predicted octanol–water partition coefficient (Wildman–Crippen LogP) is 2.70. The van der Waals surface area contributed by atoms with Crippen molar-refractivity contribution < 1.29 is 18.7 Å². The molecule has 1 N–H and O–H groups in total. The van der Waals surface area contributed by atoms with Gasteiger partial charge in [-0.2, -0.15) is 0 Å². The third-order valence-electron chi connectivity index (χ3n) is 7.76. The molecule has 1 saturated carbocycles. The summed E-state index contributed by atoms with van der Waals surface area (Å²) in [6.45, 7) is 4.76. The molecule has 0 unspecified atom stereocenters. The van der Waals surface area contributed by atoms with Crippen molar-refractivity contribution in [3.63, 3.8) is 0 Å².